The van der Waals surface area contributed by atoms with Gasteiger partial charge in [-0.3, -0.25) is 0 Å². The SMILES string of the molecule is CC[C@H]1C[C@@H](NC(=O)OC)c2cccc(C(F)(F)F)c2N1. The minimum atomic E-state index is -4.44. The molecule has 0 aliphatic carbocycles. The lowest BCUT2D eigenvalue weighted by atomic mass is 9.89. The van der Waals surface area contributed by atoms with Gasteiger partial charge in [-0.2, -0.15) is 13.2 Å². The van der Waals surface area contributed by atoms with Crippen LogP contribution in [0.1, 0.15) is 36.9 Å². The summed E-state index contributed by atoms with van der Waals surface area (Å²) in [4.78, 5) is 11.4. The van der Waals surface area contributed by atoms with Gasteiger partial charge in [0.15, 0.2) is 0 Å². The summed E-state index contributed by atoms with van der Waals surface area (Å²) in [5.74, 6) is 0. The second-order valence-electron chi connectivity index (χ2n) is 4.94. The van der Waals surface area contributed by atoms with Crippen molar-refractivity contribution >= 4 is 11.8 Å². The molecule has 0 radical (unpaired) electrons. The molecule has 2 atom stereocenters. The molecule has 0 bridgehead atoms. The van der Waals surface area contributed by atoms with E-state index in [0.29, 0.717) is 18.4 Å². The van der Waals surface area contributed by atoms with Gasteiger partial charge in [-0.1, -0.05) is 19.1 Å². The predicted octanol–water partition coefficient (Wildman–Crippen LogP) is 3.70. The Morgan fingerprint density at radius 2 is 2.19 bits per heavy atom. The van der Waals surface area contributed by atoms with Crippen LogP contribution in [-0.4, -0.2) is 19.2 Å². The number of carbonyl (C=O) groups excluding carboxylic acids is 1. The molecule has 21 heavy (non-hydrogen) atoms. The number of anilines is 1. The Labute approximate surface area is 120 Å². The van der Waals surface area contributed by atoms with E-state index >= 15 is 0 Å². The standard InChI is InChI=1S/C14H17F3N2O2/c1-3-8-7-11(19-13(20)21-2)9-5-4-6-10(12(9)18-8)14(15,16)17/h4-6,8,11,18H,3,7H2,1-2H3,(H,19,20)/t8-,11+/m0/s1. The van der Waals surface area contributed by atoms with Crippen molar-refractivity contribution in [3.8, 4) is 0 Å². The quantitative estimate of drug-likeness (QED) is 0.876. The highest BCUT2D eigenvalue weighted by Crippen LogP contribution is 2.42. The number of hydrogen-bond acceptors (Lipinski definition) is 3. The maximum Gasteiger partial charge on any atom is 0.418 e. The van der Waals surface area contributed by atoms with E-state index in [9.17, 15) is 18.0 Å². The Kier molecular flexibility index (Phi) is 4.29. The zero-order chi connectivity index (χ0) is 15.6. The van der Waals surface area contributed by atoms with Crippen molar-refractivity contribution in [3.63, 3.8) is 0 Å². The number of carbonyl (C=O) groups is 1. The van der Waals surface area contributed by atoms with E-state index in [2.05, 4.69) is 15.4 Å². The van der Waals surface area contributed by atoms with Crippen LogP contribution in [0.3, 0.4) is 0 Å². The molecule has 1 heterocycles. The molecule has 1 aromatic carbocycles. The van der Waals surface area contributed by atoms with Gasteiger partial charge in [-0.05, 0) is 24.5 Å². The van der Waals surface area contributed by atoms with Gasteiger partial charge in [0.2, 0.25) is 0 Å². The van der Waals surface area contributed by atoms with Crippen LogP contribution >= 0.6 is 0 Å². The van der Waals surface area contributed by atoms with Crippen LogP contribution in [0.5, 0.6) is 0 Å². The van der Waals surface area contributed by atoms with Crippen LogP contribution in [-0.2, 0) is 10.9 Å². The van der Waals surface area contributed by atoms with Gasteiger partial charge in [0.05, 0.1) is 24.4 Å². The number of halogens is 3. The van der Waals surface area contributed by atoms with Crippen molar-refractivity contribution in [2.75, 3.05) is 12.4 Å². The minimum absolute atomic E-state index is 0.0458. The molecule has 1 aliphatic rings. The van der Waals surface area contributed by atoms with Gasteiger partial charge in [-0.25, -0.2) is 4.79 Å². The summed E-state index contributed by atoms with van der Waals surface area (Å²) in [5.41, 5.74) is -0.237. The highest BCUT2D eigenvalue weighted by atomic mass is 19.4. The molecular weight excluding hydrogens is 285 g/mol. The molecule has 0 saturated heterocycles. The van der Waals surface area contributed by atoms with E-state index in [4.69, 9.17) is 0 Å². The van der Waals surface area contributed by atoms with Gasteiger partial charge in [0.1, 0.15) is 0 Å². The van der Waals surface area contributed by atoms with Crippen molar-refractivity contribution in [3.05, 3.63) is 29.3 Å². The molecule has 1 amide bonds. The first kappa shape index (κ1) is 15.5. The second kappa shape index (κ2) is 5.83. The van der Waals surface area contributed by atoms with Gasteiger partial charge in [0, 0.05) is 6.04 Å². The molecule has 0 aromatic heterocycles. The second-order valence-corrected chi connectivity index (χ2v) is 4.94. The van der Waals surface area contributed by atoms with Crippen molar-refractivity contribution in [1.82, 2.24) is 5.32 Å². The third-order valence-electron chi connectivity index (χ3n) is 3.62. The molecule has 0 spiro atoms. The van der Waals surface area contributed by atoms with Crippen molar-refractivity contribution in [1.29, 1.82) is 0 Å². The molecule has 2 rings (SSSR count). The lowest BCUT2D eigenvalue weighted by molar-refractivity contribution is -0.137. The Morgan fingerprint density at radius 1 is 1.48 bits per heavy atom. The Hall–Kier alpha value is -1.92. The van der Waals surface area contributed by atoms with Gasteiger partial charge >= 0.3 is 12.3 Å². The fraction of sp³-hybridized carbons (Fsp3) is 0.500. The van der Waals surface area contributed by atoms with Crippen LogP contribution in [0.15, 0.2) is 18.2 Å². The molecule has 116 valence electrons. The average Bonchev–Trinajstić information content (AvgIpc) is 2.45. The van der Waals surface area contributed by atoms with Crippen LogP contribution in [0.2, 0.25) is 0 Å². The lowest BCUT2D eigenvalue weighted by Crippen LogP contribution is -2.38. The van der Waals surface area contributed by atoms with Gasteiger partial charge in [0.25, 0.3) is 0 Å². The minimum Gasteiger partial charge on any atom is -0.453 e. The third-order valence-corrected chi connectivity index (χ3v) is 3.62. The zero-order valence-electron chi connectivity index (χ0n) is 11.8. The van der Waals surface area contributed by atoms with Crippen LogP contribution in [0.4, 0.5) is 23.7 Å². The maximum atomic E-state index is 13.1. The van der Waals surface area contributed by atoms with Gasteiger partial charge < -0.3 is 15.4 Å². The number of rotatable bonds is 2. The number of methoxy groups -OCH3 is 1. The van der Waals surface area contributed by atoms with Crippen molar-refractivity contribution < 1.29 is 22.7 Å². The number of benzene rings is 1. The first-order chi connectivity index (χ1) is 9.86. The summed E-state index contributed by atoms with van der Waals surface area (Å²) in [6.45, 7) is 1.88. The number of hydrogen-bond donors (Lipinski definition) is 2. The number of ether oxygens (including phenoxy) is 1. The monoisotopic (exact) mass is 302 g/mol. The first-order valence-corrected chi connectivity index (χ1v) is 6.68. The summed E-state index contributed by atoms with van der Waals surface area (Å²) in [6, 6.07) is 3.34. The normalized spacial score (nSPS) is 21.2. The number of fused-ring (bicyclic) bond motifs is 1. The Bertz CT molecular complexity index is 531. The molecule has 0 saturated carbocycles. The summed E-state index contributed by atoms with van der Waals surface area (Å²) in [6.07, 6.45) is -3.92. The average molecular weight is 302 g/mol. The highest BCUT2D eigenvalue weighted by molar-refractivity contribution is 5.70. The summed E-state index contributed by atoms with van der Waals surface area (Å²) < 4.78 is 43.9. The molecule has 1 aliphatic heterocycles. The summed E-state index contributed by atoms with van der Waals surface area (Å²) in [7, 11) is 1.22. The number of amides is 1. The predicted molar refractivity (Wildman–Crippen MR) is 72.0 cm³/mol. The fourth-order valence-electron chi connectivity index (χ4n) is 2.54. The summed E-state index contributed by atoms with van der Waals surface area (Å²) >= 11 is 0. The fourth-order valence-corrected chi connectivity index (χ4v) is 2.54. The third kappa shape index (κ3) is 3.22. The highest BCUT2D eigenvalue weighted by Gasteiger charge is 2.38. The van der Waals surface area contributed by atoms with E-state index in [1.807, 2.05) is 6.92 Å². The van der Waals surface area contributed by atoms with Crippen molar-refractivity contribution in [2.45, 2.75) is 38.0 Å². The van der Waals surface area contributed by atoms with E-state index in [0.717, 1.165) is 6.07 Å². The Morgan fingerprint density at radius 3 is 2.76 bits per heavy atom. The smallest absolute Gasteiger partial charge is 0.418 e. The molecule has 1 aromatic rings. The van der Waals surface area contributed by atoms with E-state index in [1.165, 1.54) is 13.2 Å². The molecule has 0 fully saturated rings. The topological polar surface area (TPSA) is 50.4 Å². The maximum absolute atomic E-state index is 13.1. The summed E-state index contributed by atoms with van der Waals surface area (Å²) in [5, 5.41) is 5.53. The molecule has 4 nitrogen and oxygen atoms in total. The van der Waals surface area contributed by atoms with Gasteiger partial charge in [-0.15, -0.1) is 0 Å². The van der Waals surface area contributed by atoms with Crippen LogP contribution < -0.4 is 10.6 Å². The number of alkyl halides is 3. The Balaban J connectivity index is 2.44. The van der Waals surface area contributed by atoms with E-state index in [1.54, 1.807) is 6.07 Å². The molecular formula is C14H17F3N2O2. The van der Waals surface area contributed by atoms with Crippen molar-refractivity contribution in [2.24, 2.45) is 0 Å². The molecule has 0 unspecified atom stereocenters. The number of para-hydroxylation sites is 1. The van der Waals surface area contributed by atoms with Crippen LogP contribution in [0, 0.1) is 0 Å². The first-order valence-electron chi connectivity index (χ1n) is 6.68. The number of nitrogens with one attached hydrogen (secondary N) is 2. The number of alkyl carbamates (subject to hydrolysis) is 1. The van der Waals surface area contributed by atoms with E-state index in [-0.39, 0.29) is 11.7 Å². The van der Waals surface area contributed by atoms with Crippen LogP contribution in [0.25, 0.3) is 0 Å². The molecule has 2 N–H and O–H groups in total. The van der Waals surface area contributed by atoms with E-state index < -0.39 is 23.9 Å². The largest absolute Gasteiger partial charge is 0.453 e. The lowest BCUT2D eigenvalue weighted by Gasteiger charge is -2.34. The molecule has 7 heteroatoms. The zero-order valence-corrected chi connectivity index (χ0v) is 11.8.